The van der Waals surface area contributed by atoms with Crippen LogP contribution in [0.4, 0.5) is 0 Å². The average molecular weight is 490 g/mol. The molecule has 182 valence electrons. The van der Waals surface area contributed by atoms with Crippen molar-refractivity contribution in [2.24, 2.45) is 5.92 Å². The minimum atomic E-state index is -1.52. The van der Waals surface area contributed by atoms with E-state index in [1.165, 1.54) is 19.2 Å². The Hall–Kier alpha value is -1.46. The van der Waals surface area contributed by atoms with Crippen molar-refractivity contribution in [3.63, 3.8) is 0 Å². The SMILES string of the molecule is CC[C@]1(C(=O)O)O[C@@H]1C(=O)N[C@@H](CC(C)C)C(=O)N(C)NC(=O)CCCCC1CCSS1. The van der Waals surface area contributed by atoms with E-state index in [0.717, 1.165) is 24.3 Å². The molecule has 4 atom stereocenters. The molecule has 0 bridgehead atoms. The lowest BCUT2D eigenvalue weighted by molar-refractivity contribution is -0.144. The third kappa shape index (κ3) is 7.28. The highest BCUT2D eigenvalue weighted by molar-refractivity contribution is 8.77. The summed E-state index contributed by atoms with van der Waals surface area (Å²) in [6.45, 7) is 5.45. The van der Waals surface area contributed by atoms with Crippen molar-refractivity contribution in [2.75, 3.05) is 12.8 Å². The van der Waals surface area contributed by atoms with Crippen molar-refractivity contribution in [1.82, 2.24) is 15.8 Å². The zero-order chi connectivity index (χ0) is 23.9. The number of carbonyl (C=O) groups excluding carboxylic acids is 3. The molecule has 1 unspecified atom stereocenters. The number of likely N-dealkylation sites (N-methyl/N-ethyl adjacent to an activating group) is 1. The number of carboxylic acid groups (broad SMARTS) is 1. The lowest BCUT2D eigenvalue weighted by Gasteiger charge is -2.26. The summed E-state index contributed by atoms with van der Waals surface area (Å²) in [7, 11) is 5.28. The summed E-state index contributed by atoms with van der Waals surface area (Å²) in [4.78, 5) is 49.1. The molecular weight excluding hydrogens is 454 g/mol. The quantitative estimate of drug-likeness (QED) is 0.165. The van der Waals surface area contributed by atoms with Crippen LogP contribution in [0.25, 0.3) is 0 Å². The van der Waals surface area contributed by atoms with Crippen molar-refractivity contribution in [3.8, 4) is 0 Å². The highest BCUT2D eigenvalue weighted by atomic mass is 33.1. The minimum Gasteiger partial charge on any atom is -0.479 e. The number of unbranched alkanes of at least 4 members (excludes halogenated alkanes) is 1. The van der Waals surface area contributed by atoms with Gasteiger partial charge >= 0.3 is 5.97 Å². The van der Waals surface area contributed by atoms with Gasteiger partial charge in [0.15, 0.2) is 6.10 Å². The van der Waals surface area contributed by atoms with E-state index in [-0.39, 0.29) is 18.2 Å². The zero-order valence-corrected chi connectivity index (χ0v) is 20.9. The second-order valence-electron chi connectivity index (χ2n) is 8.74. The molecule has 0 saturated carbocycles. The molecule has 11 heteroatoms. The number of hydrazine groups is 1. The first kappa shape index (κ1) is 26.8. The maximum Gasteiger partial charge on any atom is 0.339 e. The van der Waals surface area contributed by atoms with Crippen LogP contribution in [0.1, 0.15) is 65.7 Å². The van der Waals surface area contributed by atoms with Crippen LogP contribution < -0.4 is 10.7 Å². The Kier molecular flexibility index (Phi) is 10.2. The molecule has 0 aromatic rings. The Bertz CT molecular complexity index is 701. The fourth-order valence-corrected chi connectivity index (χ4v) is 6.75. The van der Waals surface area contributed by atoms with E-state index >= 15 is 0 Å². The fourth-order valence-electron chi connectivity index (χ4n) is 3.72. The molecule has 2 aliphatic rings. The van der Waals surface area contributed by atoms with E-state index in [0.29, 0.717) is 18.1 Å². The van der Waals surface area contributed by atoms with Crippen molar-refractivity contribution in [3.05, 3.63) is 0 Å². The van der Waals surface area contributed by atoms with E-state index in [1.54, 1.807) is 6.92 Å². The molecule has 2 saturated heterocycles. The number of carbonyl (C=O) groups is 4. The van der Waals surface area contributed by atoms with E-state index in [1.807, 2.05) is 35.4 Å². The molecule has 2 rings (SSSR count). The predicted molar refractivity (Wildman–Crippen MR) is 125 cm³/mol. The lowest BCUT2D eigenvalue weighted by Crippen LogP contribution is -2.54. The number of aliphatic carboxylic acids is 1. The topological polar surface area (TPSA) is 128 Å². The van der Waals surface area contributed by atoms with E-state index < -0.39 is 35.5 Å². The molecule has 3 N–H and O–H groups in total. The average Bonchev–Trinajstić information content (AvgIpc) is 3.28. The van der Waals surface area contributed by atoms with Crippen molar-refractivity contribution in [2.45, 2.75) is 88.7 Å². The Morgan fingerprint density at radius 3 is 2.50 bits per heavy atom. The van der Waals surface area contributed by atoms with E-state index in [9.17, 15) is 24.3 Å². The van der Waals surface area contributed by atoms with Crippen molar-refractivity contribution >= 4 is 45.3 Å². The molecule has 0 aromatic heterocycles. The standard InChI is InChI=1S/C21H35N3O6S2/c1-5-21(20(28)29)17(30-21)18(26)22-15(12-13(2)3)19(27)24(4)23-16(25)9-7-6-8-14-10-11-31-32-14/h13-15,17H,5-12H2,1-4H3,(H,22,26)(H,23,25)(H,28,29)/t14?,15-,17+,21-/m0/s1. The number of carboxylic acids is 1. The summed E-state index contributed by atoms with van der Waals surface area (Å²) in [6, 6.07) is -0.891. The molecule has 9 nitrogen and oxygen atoms in total. The molecule has 2 fully saturated rings. The van der Waals surface area contributed by atoms with Gasteiger partial charge in [0.05, 0.1) is 0 Å². The summed E-state index contributed by atoms with van der Waals surface area (Å²) in [5.41, 5.74) is 1.06. The van der Waals surface area contributed by atoms with Crippen LogP contribution >= 0.6 is 21.6 Å². The van der Waals surface area contributed by atoms with E-state index in [4.69, 9.17) is 4.74 Å². The second-order valence-corrected chi connectivity index (χ2v) is 11.5. The van der Waals surface area contributed by atoms with Gasteiger partial charge in [-0.1, -0.05) is 48.8 Å². The molecule has 3 amide bonds. The van der Waals surface area contributed by atoms with Gasteiger partial charge in [-0.25, -0.2) is 4.79 Å². The second kappa shape index (κ2) is 12.1. The van der Waals surface area contributed by atoms with Crippen LogP contribution in [0, 0.1) is 5.92 Å². The van der Waals surface area contributed by atoms with Gasteiger partial charge in [0, 0.05) is 24.5 Å². The Morgan fingerprint density at radius 1 is 1.25 bits per heavy atom. The number of hydrogen-bond donors (Lipinski definition) is 3. The van der Waals surface area contributed by atoms with Crippen LogP contribution in [-0.4, -0.2) is 69.6 Å². The molecule has 2 heterocycles. The van der Waals surface area contributed by atoms with Crippen LogP contribution in [0.5, 0.6) is 0 Å². The molecule has 2 aliphatic heterocycles. The van der Waals surface area contributed by atoms with E-state index in [2.05, 4.69) is 10.7 Å². The highest BCUT2D eigenvalue weighted by Gasteiger charge is 2.65. The first-order chi connectivity index (χ1) is 15.1. The molecule has 0 spiro atoms. The van der Waals surface area contributed by atoms with Crippen LogP contribution in [0.15, 0.2) is 0 Å². The van der Waals surface area contributed by atoms with Gasteiger partial charge in [-0.05, 0) is 38.0 Å². The Morgan fingerprint density at radius 2 is 1.97 bits per heavy atom. The van der Waals surface area contributed by atoms with Crippen LogP contribution in [0.3, 0.4) is 0 Å². The maximum atomic E-state index is 12.9. The summed E-state index contributed by atoms with van der Waals surface area (Å²) in [6.07, 6.45) is 3.76. The first-order valence-corrected chi connectivity index (χ1v) is 13.6. The van der Waals surface area contributed by atoms with Crippen LogP contribution in [-0.2, 0) is 23.9 Å². The van der Waals surface area contributed by atoms with Gasteiger partial charge in [0.25, 0.3) is 11.8 Å². The molecule has 0 aliphatic carbocycles. The first-order valence-electron chi connectivity index (χ1n) is 11.2. The summed E-state index contributed by atoms with van der Waals surface area (Å²) in [5.74, 6) is -1.24. The zero-order valence-electron chi connectivity index (χ0n) is 19.2. The number of epoxide rings is 1. The third-order valence-corrected chi connectivity index (χ3v) is 8.68. The number of hydrogen-bond acceptors (Lipinski definition) is 7. The minimum absolute atomic E-state index is 0.0931. The fraction of sp³-hybridized carbons (Fsp3) is 0.810. The number of amides is 3. The summed E-state index contributed by atoms with van der Waals surface area (Å²) >= 11 is 0. The van der Waals surface area contributed by atoms with Crippen molar-refractivity contribution < 1.29 is 29.0 Å². The van der Waals surface area contributed by atoms with Gasteiger partial charge in [-0.2, -0.15) is 0 Å². The maximum absolute atomic E-state index is 12.9. The van der Waals surface area contributed by atoms with Gasteiger partial charge in [-0.15, -0.1) is 0 Å². The highest BCUT2D eigenvalue weighted by Crippen LogP contribution is 2.40. The summed E-state index contributed by atoms with van der Waals surface area (Å²) < 4.78 is 5.17. The van der Waals surface area contributed by atoms with Gasteiger partial charge < -0.3 is 15.2 Å². The molecular formula is C21H35N3O6S2. The Balaban J connectivity index is 1.82. The largest absolute Gasteiger partial charge is 0.479 e. The Labute approximate surface area is 197 Å². The van der Waals surface area contributed by atoms with Crippen LogP contribution in [0.2, 0.25) is 0 Å². The van der Waals surface area contributed by atoms with Gasteiger partial charge in [0.2, 0.25) is 11.5 Å². The predicted octanol–water partition coefficient (Wildman–Crippen LogP) is 2.35. The molecule has 32 heavy (non-hydrogen) atoms. The third-order valence-electron chi connectivity index (χ3n) is 5.67. The lowest BCUT2D eigenvalue weighted by atomic mass is 10.00. The molecule has 0 aromatic carbocycles. The normalized spacial score (nSPS) is 25.3. The van der Waals surface area contributed by atoms with Crippen molar-refractivity contribution in [1.29, 1.82) is 0 Å². The number of nitrogens with zero attached hydrogens (tertiary/aromatic N) is 1. The number of nitrogens with one attached hydrogen (secondary N) is 2. The summed E-state index contributed by atoms with van der Waals surface area (Å²) in [5, 5.41) is 13.7. The monoisotopic (exact) mass is 489 g/mol. The smallest absolute Gasteiger partial charge is 0.339 e. The molecule has 0 radical (unpaired) electrons. The van der Waals surface area contributed by atoms with Gasteiger partial charge in [-0.3, -0.25) is 24.8 Å². The van der Waals surface area contributed by atoms with Gasteiger partial charge in [0.1, 0.15) is 6.04 Å². The number of ether oxygens (including phenoxy) is 1. The number of rotatable bonds is 12.